The summed E-state index contributed by atoms with van der Waals surface area (Å²) in [5, 5.41) is 11.3. The SMILES string of the molecule is C=C1CN(C(=O)/C=C/CNCC#N)CCN1/C(=C\CCC)C(C)=O. The first-order valence-electron chi connectivity index (χ1n) is 8.20. The lowest BCUT2D eigenvalue weighted by Gasteiger charge is -2.38. The Morgan fingerprint density at radius 2 is 2.17 bits per heavy atom. The summed E-state index contributed by atoms with van der Waals surface area (Å²) in [5.41, 5.74) is 1.42. The van der Waals surface area contributed by atoms with Crippen LogP contribution < -0.4 is 5.32 Å². The van der Waals surface area contributed by atoms with Gasteiger partial charge < -0.3 is 15.1 Å². The number of amides is 1. The van der Waals surface area contributed by atoms with E-state index < -0.39 is 0 Å². The summed E-state index contributed by atoms with van der Waals surface area (Å²) in [6.45, 7) is 9.91. The summed E-state index contributed by atoms with van der Waals surface area (Å²) in [4.78, 5) is 27.7. The molecule has 0 aromatic heterocycles. The number of piperazine rings is 1. The molecule has 1 aliphatic rings. The molecule has 0 unspecified atom stereocenters. The molecule has 0 aromatic carbocycles. The molecule has 1 rings (SSSR count). The molecule has 0 radical (unpaired) electrons. The largest absolute Gasteiger partial charge is 0.340 e. The molecule has 0 saturated carbocycles. The first-order chi connectivity index (χ1) is 11.5. The van der Waals surface area contributed by atoms with Crippen molar-refractivity contribution in [3.05, 3.63) is 36.2 Å². The van der Waals surface area contributed by atoms with Gasteiger partial charge in [0.15, 0.2) is 5.78 Å². The minimum absolute atomic E-state index is 0.0211. The standard InChI is InChI=1S/C18H26N4O2/c1-4-5-7-17(16(3)23)22-13-12-21(14-15(22)2)18(24)8-6-10-20-11-9-19/h6-8,20H,2,4-5,10-14H2,1,3H3/b8-6+,17-7-. The molecule has 1 aliphatic heterocycles. The minimum atomic E-state index is -0.0866. The summed E-state index contributed by atoms with van der Waals surface area (Å²) in [7, 11) is 0. The number of unbranched alkanes of at least 4 members (excludes halogenated alkanes) is 1. The predicted octanol–water partition coefficient (Wildman–Crippen LogP) is 1.59. The Balaban J connectivity index is 2.61. The lowest BCUT2D eigenvalue weighted by Crippen LogP contribution is -2.46. The quantitative estimate of drug-likeness (QED) is 0.415. The van der Waals surface area contributed by atoms with E-state index in [2.05, 4.69) is 18.8 Å². The lowest BCUT2D eigenvalue weighted by atomic mass is 10.1. The van der Waals surface area contributed by atoms with Crippen LogP contribution in [0.25, 0.3) is 0 Å². The second-order valence-corrected chi connectivity index (χ2v) is 5.60. The van der Waals surface area contributed by atoms with Crippen LogP contribution in [0.3, 0.4) is 0 Å². The highest BCUT2D eigenvalue weighted by Crippen LogP contribution is 2.19. The van der Waals surface area contributed by atoms with Gasteiger partial charge in [-0.3, -0.25) is 9.59 Å². The number of carbonyl (C=O) groups is 2. The molecule has 0 atom stereocenters. The number of nitrogens with one attached hydrogen (secondary N) is 1. The highest BCUT2D eigenvalue weighted by molar-refractivity contribution is 5.93. The van der Waals surface area contributed by atoms with Crippen molar-refractivity contribution < 1.29 is 9.59 Å². The molecule has 1 fully saturated rings. The zero-order valence-corrected chi connectivity index (χ0v) is 14.5. The Bertz CT molecular complexity index is 572. The number of nitrogens with zero attached hydrogens (tertiary/aromatic N) is 3. The second-order valence-electron chi connectivity index (χ2n) is 5.60. The third-order valence-electron chi connectivity index (χ3n) is 3.66. The van der Waals surface area contributed by atoms with Crippen molar-refractivity contribution in [3.8, 4) is 6.07 Å². The van der Waals surface area contributed by atoms with Crippen molar-refractivity contribution in [2.75, 3.05) is 32.7 Å². The number of nitriles is 1. The Hall–Kier alpha value is -2.39. The number of Topliss-reactive ketones (excluding diaryl/α,β-unsaturated/α-hetero) is 1. The monoisotopic (exact) mass is 330 g/mol. The van der Waals surface area contributed by atoms with Gasteiger partial charge in [0.1, 0.15) is 0 Å². The maximum Gasteiger partial charge on any atom is 0.246 e. The molecule has 0 aromatic rings. The number of allylic oxidation sites excluding steroid dienone is 2. The van der Waals surface area contributed by atoms with Gasteiger partial charge in [-0.15, -0.1) is 0 Å². The Kier molecular flexibility index (Phi) is 8.52. The summed E-state index contributed by atoms with van der Waals surface area (Å²) >= 11 is 0. The van der Waals surface area contributed by atoms with Crippen LogP contribution in [0.4, 0.5) is 0 Å². The molecule has 6 nitrogen and oxygen atoms in total. The van der Waals surface area contributed by atoms with Crippen molar-refractivity contribution in [3.63, 3.8) is 0 Å². The zero-order chi connectivity index (χ0) is 17.9. The fourth-order valence-corrected chi connectivity index (χ4v) is 2.44. The van der Waals surface area contributed by atoms with Gasteiger partial charge in [-0.1, -0.05) is 32.1 Å². The first-order valence-corrected chi connectivity index (χ1v) is 8.20. The van der Waals surface area contributed by atoms with E-state index in [1.807, 2.05) is 17.0 Å². The van der Waals surface area contributed by atoms with E-state index in [-0.39, 0.29) is 18.2 Å². The Morgan fingerprint density at radius 3 is 2.75 bits per heavy atom. The van der Waals surface area contributed by atoms with E-state index in [9.17, 15) is 9.59 Å². The van der Waals surface area contributed by atoms with E-state index in [1.54, 1.807) is 17.9 Å². The van der Waals surface area contributed by atoms with Crippen molar-refractivity contribution in [1.29, 1.82) is 5.26 Å². The van der Waals surface area contributed by atoms with Gasteiger partial charge >= 0.3 is 0 Å². The van der Waals surface area contributed by atoms with Crippen molar-refractivity contribution in [2.45, 2.75) is 26.7 Å². The smallest absolute Gasteiger partial charge is 0.246 e. The fourth-order valence-electron chi connectivity index (χ4n) is 2.44. The van der Waals surface area contributed by atoms with E-state index in [0.29, 0.717) is 31.9 Å². The van der Waals surface area contributed by atoms with Gasteiger partial charge in [-0.25, -0.2) is 0 Å². The third kappa shape index (κ3) is 6.01. The van der Waals surface area contributed by atoms with E-state index in [1.165, 1.54) is 6.08 Å². The maximum atomic E-state index is 12.2. The van der Waals surface area contributed by atoms with Crippen LogP contribution in [0, 0.1) is 11.3 Å². The third-order valence-corrected chi connectivity index (χ3v) is 3.66. The maximum absolute atomic E-state index is 12.2. The van der Waals surface area contributed by atoms with Crippen LogP contribution in [0.5, 0.6) is 0 Å². The molecule has 1 N–H and O–H groups in total. The second kappa shape index (κ2) is 10.4. The van der Waals surface area contributed by atoms with Crippen LogP contribution in [0.15, 0.2) is 36.2 Å². The molecule has 1 saturated heterocycles. The van der Waals surface area contributed by atoms with Crippen LogP contribution in [-0.2, 0) is 9.59 Å². The number of carbonyl (C=O) groups excluding carboxylic acids is 2. The number of ketones is 1. The van der Waals surface area contributed by atoms with Crippen LogP contribution in [0.1, 0.15) is 26.7 Å². The molecule has 0 aliphatic carbocycles. The lowest BCUT2D eigenvalue weighted by molar-refractivity contribution is -0.126. The van der Waals surface area contributed by atoms with Gasteiger partial charge in [-0.2, -0.15) is 5.26 Å². The van der Waals surface area contributed by atoms with Gasteiger partial charge in [0.25, 0.3) is 0 Å². The molecular formula is C18H26N4O2. The van der Waals surface area contributed by atoms with E-state index in [4.69, 9.17) is 5.26 Å². The van der Waals surface area contributed by atoms with Crippen LogP contribution >= 0.6 is 0 Å². The van der Waals surface area contributed by atoms with Gasteiger partial charge in [-0.05, 0) is 6.42 Å². The fraction of sp³-hybridized carbons (Fsp3) is 0.500. The zero-order valence-electron chi connectivity index (χ0n) is 14.5. The van der Waals surface area contributed by atoms with Gasteiger partial charge in [0.05, 0.1) is 24.9 Å². The topological polar surface area (TPSA) is 76.4 Å². The van der Waals surface area contributed by atoms with Crippen LogP contribution in [-0.4, -0.2) is 54.2 Å². The van der Waals surface area contributed by atoms with Crippen molar-refractivity contribution in [1.82, 2.24) is 15.1 Å². The van der Waals surface area contributed by atoms with Gasteiger partial charge in [0, 0.05) is 38.3 Å². The Morgan fingerprint density at radius 1 is 1.42 bits per heavy atom. The average molecular weight is 330 g/mol. The number of rotatable bonds is 8. The Labute approximate surface area is 144 Å². The van der Waals surface area contributed by atoms with Gasteiger partial charge in [0.2, 0.25) is 5.91 Å². The molecule has 0 bridgehead atoms. The molecule has 24 heavy (non-hydrogen) atoms. The molecule has 1 amide bonds. The predicted molar refractivity (Wildman–Crippen MR) is 93.7 cm³/mol. The summed E-state index contributed by atoms with van der Waals surface area (Å²) in [6.07, 6.45) is 6.99. The number of hydrogen-bond donors (Lipinski definition) is 1. The molecular weight excluding hydrogens is 304 g/mol. The summed E-state index contributed by atoms with van der Waals surface area (Å²) in [6, 6.07) is 1.97. The highest BCUT2D eigenvalue weighted by atomic mass is 16.2. The molecule has 130 valence electrons. The van der Waals surface area contributed by atoms with Crippen LogP contribution in [0.2, 0.25) is 0 Å². The minimum Gasteiger partial charge on any atom is -0.340 e. The highest BCUT2D eigenvalue weighted by Gasteiger charge is 2.25. The van der Waals surface area contributed by atoms with E-state index >= 15 is 0 Å². The normalized spacial score (nSPS) is 15.7. The van der Waals surface area contributed by atoms with Crippen molar-refractivity contribution >= 4 is 11.7 Å². The molecule has 6 heteroatoms. The first kappa shape index (κ1) is 19.7. The molecule has 1 heterocycles. The molecule has 0 spiro atoms. The summed E-state index contributed by atoms with van der Waals surface area (Å²) in [5.74, 6) is -0.0655. The number of hydrogen-bond acceptors (Lipinski definition) is 5. The summed E-state index contributed by atoms with van der Waals surface area (Å²) < 4.78 is 0. The average Bonchev–Trinajstić information content (AvgIpc) is 2.55. The van der Waals surface area contributed by atoms with Crippen molar-refractivity contribution in [2.24, 2.45) is 0 Å². The van der Waals surface area contributed by atoms with E-state index in [0.717, 1.165) is 18.5 Å².